The Balaban J connectivity index is 1.88. The smallest absolute Gasteiger partial charge is 0.232 e. The highest BCUT2D eigenvalue weighted by molar-refractivity contribution is 7.80. The third-order valence-electron chi connectivity index (χ3n) is 4.56. The molecule has 23 heavy (non-hydrogen) atoms. The van der Waals surface area contributed by atoms with E-state index in [-0.39, 0.29) is 0 Å². The van der Waals surface area contributed by atoms with Crippen LogP contribution in [0.25, 0.3) is 0 Å². The molecule has 0 spiro atoms. The zero-order valence-corrected chi connectivity index (χ0v) is 14.8. The Bertz CT molecular complexity index is 558. The number of thiocarbonyl (C=S) groups is 1. The van der Waals surface area contributed by atoms with Crippen molar-refractivity contribution in [3.05, 3.63) is 6.07 Å². The average molecular weight is 334 g/mol. The van der Waals surface area contributed by atoms with E-state index < -0.39 is 0 Å². The number of nitrogens with zero attached hydrogens (tertiary/aromatic N) is 4. The first-order valence-corrected chi connectivity index (χ1v) is 8.94. The highest BCUT2D eigenvalue weighted by Crippen LogP contribution is 2.27. The van der Waals surface area contributed by atoms with Crippen LogP contribution in [0.4, 0.5) is 17.6 Å². The molecule has 3 rings (SSSR count). The zero-order chi connectivity index (χ0) is 16.2. The molecule has 0 amide bonds. The molecule has 2 fully saturated rings. The van der Waals surface area contributed by atoms with E-state index in [9.17, 15) is 0 Å². The molecule has 0 aromatic carbocycles. The maximum atomic E-state index is 5.20. The Morgan fingerprint density at radius 3 is 2.43 bits per heavy atom. The lowest BCUT2D eigenvalue weighted by molar-refractivity contribution is 0.444. The van der Waals surface area contributed by atoms with Crippen LogP contribution in [0.15, 0.2) is 6.07 Å². The van der Waals surface area contributed by atoms with Gasteiger partial charge in [-0.05, 0) is 43.8 Å². The quantitative estimate of drug-likeness (QED) is 0.822. The number of hydrogen-bond donors (Lipinski definition) is 2. The summed E-state index contributed by atoms with van der Waals surface area (Å²) in [6.07, 6.45) is 4.99. The van der Waals surface area contributed by atoms with E-state index in [1.165, 1.54) is 25.7 Å². The Kier molecular flexibility index (Phi) is 5.15. The number of piperidine rings is 1. The number of nitrogens with one attached hydrogen (secondary N) is 2. The lowest BCUT2D eigenvalue weighted by atomic mass is 10.0. The molecule has 6 nitrogen and oxygen atoms in total. The Morgan fingerprint density at radius 1 is 1.13 bits per heavy atom. The van der Waals surface area contributed by atoms with Crippen molar-refractivity contribution in [3.8, 4) is 0 Å². The highest BCUT2D eigenvalue weighted by Gasteiger charge is 2.21. The number of anilines is 3. The molecule has 2 aliphatic heterocycles. The van der Waals surface area contributed by atoms with Crippen LogP contribution in [0.1, 0.15) is 32.6 Å². The summed E-state index contributed by atoms with van der Waals surface area (Å²) < 4.78 is 0. The predicted molar refractivity (Wildman–Crippen MR) is 99.4 cm³/mol. The molecule has 126 valence electrons. The van der Waals surface area contributed by atoms with Gasteiger partial charge in [-0.15, -0.1) is 0 Å². The second-order valence-electron chi connectivity index (χ2n) is 6.50. The lowest BCUT2D eigenvalue weighted by Crippen LogP contribution is -2.35. The van der Waals surface area contributed by atoms with Gasteiger partial charge in [0, 0.05) is 39.3 Å². The maximum absolute atomic E-state index is 5.20. The van der Waals surface area contributed by atoms with E-state index in [4.69, 9.17) is 17.2 Å². The van der Waals surface area contributed by atoms with Crippen LogP contribution in [0.2, 0.25) is 0 Å². The van der Waals surface area contributed by atoms with Crippen molar-refractivity contribution >= 4 is 34.9 Å². The molecule has 1 atom stereocenters. The maximum Gasteiger partial charge on any atom is 0.232 e. The van der Waals surface area contributed by atoms with E-state index in [0.29, 0.717) is 17.0 Å². The van der Waals surface area contributed by atoms with Crippen LogP contribution in [-0.4, -0.2) is 48.3 Å². The number of aromatic nitrogens is 2. The molecule has 0 bridgehead atoms. The normalized spacial score (nSPS) is 21.4. The van der Waals surface area contributed by atoms with E-state index in [2.05, 4.69) is 38.4 Å². The van der Waals surface area contributed by atoms with Crippen LogP contribution in [0.3, 0.4) is 0 Å². The minimum absolute atomic E-state index is 0.543. The molecule has 7 heteroatoms. The number of hydrogen-bond acceptors (Lipinski definition) is 5. The monoisotopic (exact) mass is 334 g/mol. The summed E-state index contributed by atoms with van der Waals surface area (Å²) in [5.74, 6) is 3.31. The molecule has 1 aromatic heterocycles. The van der Waals surface area contributed by atoms with Gasteiger partial charge in [0.15, 0.2) is 5.11 Å². The average Bonchev–Trinajstić information content (AvgIpc) is 3.09. The van der Waals surface area contributed by atoms with Gasteiger partial charge in [-0.3, -0.25) is 0 Å². The fraction of sp³-hybridized carbons (Fsp3) is 0.688. The molecule has 1 aromatic rings. The van der Waals surface area contributed by atoms with Crippen molar-refractivity contribution < 1.29 is 0 Å². The summed E-state index contributed by atoms with van der Waals surface area (Å²) >= 11 is 5.20. The number of rotatable bonds is 3. The predicted octanol–water partition coefficient (Wildman–Crippen LogP) is 2.23. The van der Waals surface area contributed by atoms with Crippen LogP contribution >= 0.6 is 12.2 Å². The summed E-state index contributed by atoms with van der Waals surface area (Å²) in [5, 5.41) is 6.56. The molecule has 0 unspecified atom stereocenters. The Morgan fingerprint density at radius 2 is 1.78 bits per heavy atom. The molecule has 2 N–H and O–H groups in total. The van der Waals surface area contributed by atoms with Gasteiger partial charge in [-0.2, -0.15) is 9.97 Å². The van der Waals surface area contributed by atoms with Gasteiger partial charge in [0.05, 0.1) is 0 Å². The van der Waals surface area contributed by atoms with Gasteiger partial charge in [0.2, 0.25) is 5.95 Å². The molecular weight excluding hydrogens is 308 g/mol. The van der Waals surface area contributed by atoms with Gasteiger partial charge in [-0.1, -0.05) is 6.92 Å². The summed E-state index contributed by atoms with van der Waals surface area (Å²) in [6, 6.07) is 2.14. The van der Waals surface area contributed by atoms with Crippen LogP contribution in [0.5, 0.6) is 0 Å². The van der Waals surface area contributed by atoms with Crippen LogP contribution in [-0.2, 0) is 0 Å². The standard InChI is InChI=1S/C16H26N6S/c1-12-6-5-9-22(11-12)14-10-13(21-7-3-4-8-21)18-15(19-14)20-16(23)17-2/h10,12H,3-9,11H2,1-2H3,(H2,17,18,19,20,23)/t12-/m1/s1. The van der Waals surface area contributed by atoms with Gasteiger partial charge in [0.25, 0.3) is 0 Å². The van der Waals surface area contributed by atoms with E-state index in [0.717, 1.165) is 37.8 Å². The fourth-order valence-electron chi connectivity index (χ4n) is 3.31. The SMILES string of the molecule is CNC(=S)Nc1nc(N2CCCC2)cc(N2CCC[C@@H](C)C2)n1. The Labute approximate surface area is 143 Å². The molecule has 0 aliphatic carbocycles. The summed E-state index contributed by atoms with van der Waals surface area (Å²) in [4.78, 5) is 14.1. The molecule has 2 aliphatic rings. The lowest BCUT2D eigenvalue weighted by Gasteiger charge is -2.32. The molecule has 2 saturated heterocycles. The van der Waals surface area contributed by atoms with E-state index in [1.807, 2.05) is 0 Å². The van der Waals surface area contributed by atoms with Crippen LogP contribution < -0.4 is 20.4 Å². The van der Waals surface area contributed by atoms with Crippen molar-refractivity contribution in [3.63, 3.8) is 0 Å². The first-order valence-electron chi connectivity index (χ1n) is 8.53. The minimum Gasteiger partial charge on any atom is -0.365 e. The van der Waals surface area contributed by atoms with E-state index >= 15 is 0 Å². The van der Waals surface area contributed by atoms with E-state index in [1.54, 1.807) is 7.05 Å². The van der Waals surface area contributed by atoms with Gasteiger partial charge in [-0.25, -0.2) is 0 Å². The fourth-order valence-corrected chi connectivity index (χ4v) is 3.40. The molecule has 0 radical (unpaired) electrons. The summed E-state index contributed by atoms with van der Waals surface area (Å²) in [6.45, 7) is 6.58. The first kappa shape index (κ1) is 16.2. The summed E-state index contributed by atoms with van der Waals surface area (Å²) in [5.41, 5.74) is 0. The van der Waals surface area contributed by atoms with Crippen molar-refractivity contribution in [2.45, 2.75) is 32.6 Å². The topological polar surface area (TPSA) is 56.3 Å². The molecular formula is C16H26N6S. The van der Waals surface area contributed by atoms with Crippen LogP contribution in [0, 0.1) is 5.92 Å². The second kappa shape index (κ2) is 7.29. The Hall–Kier alpha value is -1.63. The minimum atomic E-state index is 0.543. The first-order chi connectivity index (χ1) is 11.2. The third kappa shape index (κ3) is 4.02. The van der Waals surface area contributed by atoms with Crippen molar-refractivity contribution in [1.82, 2.24) is 15.3 Å². The largest absolute Gasteiger partial charge is 0.365 e. The van der Waals surface area contributed by atoms with Gasteiger partial charge in [0.1, 0.15) is 11.6 Å². The summed E-state index contributed by atoms with van der Waals surface area (Å²) in [7, 11) is 1.80. The molecule has 3 heterocycles. The second-order valence-corrected chi connectivity index (χ2v) is 6.91. The van der Waals surface area contributed by atoms with Crippen molar-refractivity contribution in [2.24, 2.45) is 5.92 Å². The van der Waals surface area contributed by atoms with Gasteiger partial charge >= 0.3 is 0 Å². The third-order valence-corrected chi connectivity index (χ3v) is 4.87. The van der Waals surface area contributed by atoms with Crippen molar-refractivity contribution in [2.75, 3.05) is 48.3 Å². The van der Waals surface area contributed by atoms with Crippen molar-refractivity contribution in [1.29, 1.82) is 0 Å². The van der Waals surface area contributed by atoms with Gasteiger partial charge < -0.3 is 20.4 Å². The zero-order valence-electron chi connectivity index (χ0n) is 14.0. The highest BCUT2D eigenvalue weighted by atomic mass is 32.1. The molecule has 0 saturated carbocycles.